The quantitative estimate of drug-likeness (QED) is 0.770. The van der Waals surface area contributed by atoms with Crippen LogP contribution in [-0.4, -0.2) is 23.8 Å². The Kier molecular flexibility index (Phi) is 4.37. The Hall–Kier alpha value is -1.76. The first-order valence-corrected chi connectivity index (χ1v) is 7.59. The summed E-state index contributed by atoms with van der Waals surface area (Å²) in [5.74, 6) is -0.0366. The Bertz CT molecular complexity index is 640. The number of halogens is 2. The highest BCUT2D eigenvalue weighted by molar-refractivity contribution is 9.09. The molecule has 120 valence electrons. The van der Waals surface area contributed by atoms with Gasteiger partial charge >= 0.3 is 6.09 Å². The zero-order chi connectivity index (χ0) is 16.7. The average molecular weight is 373 g/mol. The standard InChI is InChI=1S/C15H18BrFN2O3/c1-15(2,3)19-7-11(18-14(20)21)12(16)9-5-8(22-4)6-10(17)13(9)19/h5-7,12,18H,1-4H3,(H,20,21). The molecule has 0 saturated heterocycles. The van der Waals surface area contributed by atoms with Crippen LogP contribution < -0.4 is 15.0 Å². The van der Waals surface area contributed by atoms with E-state index in [4.69, 9.17) is 9.84 Å². The summed E-state index contributed by atoms with van der Waals surface area (Å²) in [7, 11) is 1.46. The molecular weight excluding hydrogens is 355 g/mol. The predicted octanol–water partition coefficient (Wildman–Crippen LogP) is 4.00. The molecule has 0 radical (unpaired) electrons. The minimum absolute atomic E-state index is 0.381. The molecule has 0 fully saturated rings. The lowest BCUT2D eigenvalue weighted by atomic mass is 9.96. The summed E-state index contributed by atoms with van der Waals surface area (Å²) in [5, 5.41) is 11.3. The van der Waals surface area contributed by atoms with Gasteiger partial charge < -0.3 is 14.7 Å². The van der Waals surface area contributed by atoms with Crippen LogP contribution in [0, 0.1) is 5.82 Å². The van der Waals surface area contributed by atoms with E-state index in [-0.39, 0.29) is 0 Å². The molecule has 0 saturated carbocycles. The SMILES string of the molecule is COc1cc(F)c2c(c1)C(Br)C(NC(=O)O)=CN2C(C)(C)C. The van der Waals surface area contributed by atoms with Gasteiger partial charge in [0.25, 0.3) is 0 Å². The topological polar surface area (TPSA) is 61.8 Å². The van der Waals surface area contributed by atoms with Gasteiger partial charge in [0.15, 0.2) is 5.82 Å². The smallest absolute Gasteiger partial charge is 0.408 e. The number of fused-ring (bicyclic) bond motifs is 1. The molecule has 0 bridgehead atoms. The number of ether oxygens (including phenoxy) is 1. The minimum Gasteiger partial charge on any atom is -0.497 e. The van der Waals surface area contributed by atoms with Crippen molar-refractivity contribution in [1.82, 2.24) is 5.32 Å². The first kappa shape index (κ1) is 16.6. The van der Waals surface area contributed by atoms with Crippen LogP contribution in [0.1, 0.15) is 31.2 Å². The zero-order valence-electron chi connectivity index (χ0n) is 12.8. The minimum atomic E-state index is -1.17. The van der Waals surface area contributed by atoms with E-state index in [1.807, 2.05) is 20.8 Å². The third-order valence-electron chi connectivity index (χ3n) is 3.33. The molecule has 1 aromatic carbocycles. The van der Waals surface area contributed by atoms with Gasteiger partial charge in [-0.2, -0.15) is 0 Å². The van der Waals surface area contributed by atoms with Gasteiger partial charge in [0.2, 0.25) is 0 Å². The molecule has 7 heteroatoms. The van der Waals surface area contributed by atoms with E-state index in [2.05, 4.69) is 21.2 Å². The maximum atomic E-state index is 14.6. The number of nitrogens with one attached hydrogen (secondary N) is 1. The molecule has 0 aromatic heterocycles. The number of benzene rings is 1. The summed E-state index contributed by atoms with van der Waals surface area (Å²) in [6.07, 6.45) is 0.446. The van der Waals surface area contributed by atoms with Crippen molar-refractivity contribution in [2.75, 3.05) is 12.0 Å². The van der Waals surface area contributed by atoms with Crippen molar-refractivity contribution in [3.8, 4) is 5.75 Å². The second-order valence-corrected chi connectivity index (χ2v) is 6.88. The van der Waals surface area contributed by atoms with Gasteiger partial charge in [0.1, 0.15) is 5.75 Å². The van der Waals surface area contributed by atoms with Gasteiger partial charge in [-0.15, -0.1) is 0 Å². The molecule has 1 atom stereocenters. The van der Waals surface area contributed by atoms with E-state index in [1.54, 1.807) is 17.2 Å². The van der Waals surface area contributed by atoms with E-state index >= 15 is 0 Å². The molecular formula is C15H18BrFN2O3. The first-order valence-electron chi connectivity index (χ1n) is 6.67. The van der Waals surface area contributed by atoms with E-state index in [0.29, 0.717) is 22.7 Å². The monoisotopic (exact) mass is 372 g/mol. The highest BCUT2D eigenvalue weighted by Gasteiger charge is 2.34. The third-order valence-corrected chi connectivity index (χ3v) is 4.32. The molecule has 1 aliphatic rings. The van der Waals surface area contributed by atoms with Crippen LogP contribution in [0.15, 0.2) is 24.0 Å². The fourth-order valence-corrected chi connectivity index (χ4v) is 2.93. The number of nitrogens with zero attached hydrogens (tertiary/aromatic N) is 1. The van der Waals surface area contributed by atoms with E-state index in [0.717, 1.165) is 0 Å². The van der Waals surface area contributed by atoms with Crippen LogP contribution in [-0.2, 0) is 0 Å². The lowest BCUT2D eigenvalue weighted by Crippen LogP contribution is -2.42. The summed E-state index contributed by atoms with van der Waals surface area (Å²) in [6.45, 7) is 5.76. The fourth-order valence-electron chi connectivity index (χ4n) is 2.34. The number of anilines is 1. The van der Waals surface area contributed by atoms with Crippen molar-refractivity contribution < 1.29 is 19.0 Å². The third kappa shape index (κ3) is 3.04. The Balaban J connectivity index is 2.65. The van der Waals surface area contributed by atoms with Crippen molar-refractivity contribution in [1.29, 1.82) is 0 Å². The highest BCUT2D eigenvalue weighted by atomic mass is 79.9. The maximum Gasteiger partial charge on any atom is 0.408 e. The average Bonchev–Trinajstić information content (AvgIpc) is 2.40. The van der Waals surface area contributed by atoms with E-state index in [9.17, 15) is 9.18 Å². The van der Waals surface area contributed by atoms with Crippen LogP contribution in [0.2, 0.25) is 0 Å². The molecule has 1 unspecified atom stereocenters. The summed E-state index contributed by atoms with van der Waals surface area (Å²) < 4.78 is 19.7. The van der Waals surface area contributed by atoms with E-state index in [1.165, 1.54) is 13.2 Å². The Morgan fingerprint density at radius 1 is 1.45 bits per heavy atom. The molecule has 2 rings (SSSR count). The molecule has 1 aliphatic heterocycles. The van der Waals surface area contributed by atoms with E-state index < -0.39 is 22.3 Å². The number of hydrogen-bond acceptors (Lipinski definition) is 3. The summed E-state index contributed by atoms with van der Waals surface area (Å²) >= 11 is 3.43. The van der Waals surface area contributed by atoms with Gasteiger partial charge in [0.05, 0.1) is 23.3 Å². The number of rotatable bonds is 2. The van der Waals surface area contributed by atoms with Crippen molar-refractivity contribution in [2.45, 2.75) is 31.1 Å². The zero-order valence-corrected chi connectivity index (χ0v) is 14.4. The second-order valence-electron chi connectivity index (χ2n) is 5.97. The number of carboxylic acid groups (broad SMARTS) is 1. The predicted molar refractivity (Wildman–Crippen MR) is 86.1 cm³/mol. The largest absolute Gasteiger partial charge is 0.497 e. The van der Waals surface area contributed by atoms with Crippen LogP contribution in [0.4, 0.5) is 14.9 Å². The summed E-state index contributed by atoms with van der Waals surface area (Å²) in [4.78, 5) is 12.2. The molecule has 1 amide bonds. The number of amides is 1. The van der Waals surface area contributed by atoms with Gasteiger partial charge in [-0.1, -0.05) is 15.9 Å². The van der Waals surface area contributed by atoms with Crippen LogP contribution in [0.25, 0.3) is 0 Å². The Labute approximate surface area is 136 Å². The number of methoxy groups -OCH3 is 1. The van der Waals surface area contributed by atoms with Crippen LogP contribution in [0.3, 0.4) is 0 Å². The molecule has 5 nitrogen and oxygen atoms in total. The highest BCUT2D eigenvalue weighted by Crippen LogP contribution is 2.45. The van der Waals surface area contributed by atoms with Gasteiger partial charge in [-0.25, -0.2) is 9.18 Å². The normalized spacial score (nSPS) is 17.6. The fraction of sp³-hybridized carbons (Fsp3) is 0.400. The number of alkyl halides is 1. The van der Waals surface area contributed by atoms with Gasteiger partial charge in [-0.05, 0) is 26.8 Å². The van der Waals surface area contributed by atoms with Crippen molar-refractivity contribution in [3.05, 3.63) is 35.4 Å². The Morgan fingerprint density at radius 3 is 2.59 bits per heavy atom. The lowest BCUT2D eigenvalue weighted by molar-refractivity contribution is 0.197. The Morgan fingerprint density at radius 2 is 2.09 bits per heavy atom. The van der Waals surface area contributed by atoms with Gasteiger partial charge in [-0.3, -0.25) is 5.32 Å². The molecule has 1 heterocycles. The first-order chi connectivity index (χ1) is 10.1. The number of carbonyl (C=O) groups is 1. The summed E-state index contributed by atoms with van der Waals surface area (Å²) in [6, 6.07) is 3.02. The van der Waals surface area contributed by atoms with Crippen molar-refractivity contribution in [2.24, 2.45) is 0 Å². The number of hydrogen-bond donors (Lipinski definition) is 2. The second kappa shape index (κ2) is 5.79. The van der Waals surface area contributed by atoms with Gasteiger partial charge in [0, 0.05) is 23.4 Å². The maximum absolute atomic E-state index is 14.6. The summed E-state index contributed by atoms with van der Waals surface area (Å²) in [5.41, 5.74) is 1.01. The molecule has 2 N–H and O–H groups in total. The van der Waals surface area contributed by atoms with Crippen LogP contribution in [0.5, 0.6) is 5.75 Å². The molecule has 0 spiro atoms. The molecule has 1 aromatic rings. The molecule has 22 heavy (non-hydrogen) atoms. The number of allylic oxidation sites excluding steroid dienone is 1. The molecule has 0 aliphatic carbocycles. The van der Waals surface area contributed by atoms with Crippen LogP contribution >= 0.6 is 15.9 Å². The lowest BCUT2D eigenvalue weighted by Gasteiger charge is -2.41. The van der Waals surface area contributed by atoms with Crippen molar-refractivity contribution in [3.63, 3.8) is 0 Å². The van der Waals surface area contributed by atoms with Crippen molar-refractivity contribution >= 4 is 27.7 Å².